The van der Waals surface area contributed by atoms with Gasteiger partial charge < -0.3 is 4.90 Å². The molecule has 0 spiro atoms. The molecule has 3 aliphatic rings. The van der Waals surface area contributed by atoms with Gasteiger partial charge in [0.05, 0.1) is 0 Å². The molecule has 114 valence electrons. The Morgan fingerprint density at radius 3 is 1.82 bits per heavy atom. The molecule has 2 bridgehead atoms. The van der Waals surface area contributed by atoms with Crippen molar-refractivity contribution in [1.29, 1.82) is 0 Å². The van der Waals surface area contributed by atoms with Gasteiger partial charge in [-0.2, -0.15) is 0 Å². The van der Waals surface area contributed by atoms with Crippen molar-refractivity contribution in [3.05, 3.63) is 70.8 Å². The van der Waals surface area contributed by atoms with Crippen molar-refractivity contribution in [3.63, 3.8) is 0 Å². The second-order valence-electron chi connectivity index (χ2n) is 6.77. The average Bonchev–Trinajstić information content (AvgIpc) is 2.60. The van der Waals surface area contributed by atoms with Gasteiger partial charge in [-0.3, -0.25) is 0 Å². The summed E-state index contributed by atoms with van der Waals surface area (Å²) < 4.78 is 0. The number of benzene rings is 2. The van der Waals surface area contributed by atoms with E-state index in [1.165, 1.54) is 13.0 Å². The molecule has 5 rings (SSSR count). The van der Waals surface area contributed by atoms with Crippen molar-refractivity contribution in [1.82, 2.24) is 4.90 Å². The molecule has 0 aromatic heterocycles. The Morgan fingerprint density at radius 1 is 0.818 bits per heavy atom. The third kappa shape index (κ3) is 2.03. The van der Waals surface area contributed by atoms with E-state index in [0.717, 1.165) is 19.0 Å². The lowest BCUT2D eigenvalue weighted by molar-refractivity contribution is 0.212. The van der Waals surface area contributed by atoms with Gasteiger partial charge in [0.15, 0.2) is 0 Å². The minimum absolute atomic E-state index is 0.595. The molecule has 1 unspecified atom stereocenters. The van der Waals surface area contributed by atoms with Crippen LogP contribution in [0, 0.1) is 5.92 Å². The van der Waals surface area contributed by atoms with Crippen molar-refractivity contribution in [2.75, 3.05) is 19.6 Å². The van der Waals surface area contributed by atoms with Crippen LogP contribution in [0.5, 0.6) is 0 Å². The third-order valence-electron chi connectivity index (χ3n) is 5.81. The van der Waals surface area contributed by atoms with E-state index in [9.17, 15) is 0 Å². The summed E-state index contributed by atoms with van der Waals surface area (Å²) in [5, 5.41) is 0. The van der Waals surface area contributed by atoms with Crippen molar-refractivity contribution < 1.29 is 0 Å². The Hall–Kier alpha value is -1.60. The van der Waals surface area contributed by atoms with Crippen LogP contribution in [0.3, 0.4) is 0 Å². The highest BCUT2D eigenvalue weighted by atomic mass is 15.1. The molecule has 0 radical (unpaired) electrons. The van der Waals surface area contributed by atoms with Gasteiger partial charge in [-0.05, 0) is 47.7 Å². The van der Waals surface area contributed by atoms with Crippen LogP contribution in [0.25, 0.3) is 0 Å². The maximum Gasteiger partial charge on any atom is 0.0136 e. The van der Waals surface area contributed by atoms with E-state index in [1.54, 1.807) is 22.3 Å². The summed E-state index contributed by atoms with van der Waals surface area (Å²) in [7, 11) is 0. The normalized spacial score (nSPS) is 25.1. The number of hydrogen-bond acceptors (Lipinski definition) is 1. The van der Waals surface area contributed by atoms with E-state index in [4.69, 9.17) is 0 Å². The van der Waals surface area contributed by atoms with Crippen LogP contribution in [0.1, 0.15) is 54.4 Å². The van der Waals surface area contributed by atoms with Crippen LogP contribution in [-0.4, -0.2) is 24.5 Å². The first-order valence-electron chi connectivity index (χ1n) is 8.73. The van der Waals surface area contributed by atoms with Crippen LogP contribution in [-0.2, 0) is 0 Å². The second-order valence-corrected chi connectivity index (χ2v) is 6.77. The maximum absolute atomic E-state index is 2.59. The first-order chi connectivity index (χ1) is 10.8. The Bertz CT molecular complexity index is 624. The molecule has 0 heterocycles. The van der Waals surface area contributed by atoms with Gasteiger partial charge in [0.2, 0.25) is 0 Å². The first kappa shape index (κ1) is 14.0. The summed E-state index contributed by atoms with van der Waals surface area (Å²) in [4.78, 5) is 2.59. The molecule has 1 heteroatoms. The van der Waals surface area contributed by atoms with E-state index in [1.807, 2.05) is 0 Å². The van der Waals surface area contributed by atoms with E-state index in [-0.39, 0.29) is 0 Å². The molecule has 0 amide bonds. The first-order valence-corrected chi connectivity index (χ1v) is 8.73. The predicted octanol–water partition coefficient (Wildman–Crippen LogP) is 4.63. The highest BCUT2D eigenvalue weighted by Gasteiger charge is 2.43. The SMILES string of the molecule is CCN(CC)CC1CC2c3ccccc3C1c1ccccc12. The van der Waals surface area contributed by atoms with Crippen molar-refractivity contribution in [2.24, 2.45) is 5.92 Å². The number of rotatable bonds is 4. The van der Waals surface area contributed by atoms with Crippen LogP contribution in [0.15, 0.2) is 48.5 Å². The summed E-state index contributed by atoms with van der Waals surface area (Å²) in [6.07, 6.45) is 1.31. The van der Waals surface area contributed by atoms with E-state index < -0.39 is 0 Å². The zero-order valence-corrected chi connectivity index (χ0v) is 13.6. The van der Waals surface area contributed by atoms with Gasteiger partial charge in [0, 0.05) is 18.4 Å². The van der Waals surface area contributed by atoms with Crippen molar-refractivity contribution in [2.45, 2.75) is 32.1 Å². The topological polar surface area (TPSA) is 3.24 Å². The molecule has 0 saturated heterocycles. The Balaban J connectivity index is 1.79. The molecule has 1 atom stereocenters. The molecule has 22 heavy (non-hydrogen) atoms. The van der Waals surface area contributed by atoms with Gasteiger partial charge in [0.25, 0.3) is 0 Å². The fraction of sp³-hybridized carbons (Fsp3) is 0.429. The molecule has 0 fully saturated rings. The summed E-state index contributed by atoms with van der Waals surface area (Å²) in [5.74, 6) is 1.96. The molecular weight excluding hydrogens is 266 g/mol. The van der Waals surface area contributed by atoms with E-state index >= 15 is 0 Å². The quantitative estimate of drug-likeness (QED) is 0.794. The third-order valence-corrected chi connectivity index (χ3v) is 5.81. The average molecular weight is 291 g/mol. The maximum atomic E-state index is 2.59. The van der Waals surface area contributed by atoms with Crippen molar-refractivity contribution in [3.8, 4) is 0 Å². The van der Waals surface area contributed by atoms with Crippen LogP contribution < -0.4 is 0 Å². The fourth-order valence-corrected chi connectivity index (χ4v) is 4.75. The Kier molecular flexibility index (Phi) is 3.54. The number of nitrogens with zero attached hydrogens (tertiary/aromatic N) is 1. The lowest BCUT2D eigenvalue weighted by Gasteiger charge is -2.46. The largest absolute Gasteiger partial charge is 0.304 e. The van der Waals surface area contributed by atoms with Gasteiger partial charge in [0.1, 0.15) is 0 Å². The molecule has 1 nitrogen and oxygen atoms in total. The standard InChI is InChI=1S/C21H25N/c1-3-22(4-2)14-15-13-20-16-9-5-7-11-18(16)21(15)19-12-8-6-10-17(19)20/h5-12,15,20-21H,3-4,13-14H2,1-2H3. The number of fused-ring (bicyclic) bond motifs is 1. The highest BCUT2D eigenvalue weighted by Crippen LogP contribution is 2.55. The minimum Gasteiger partial charge on any atom is -0.304 e. The summed E-state index contributed by atoms with van der Waals surface area (Å²) >= 11 is 0. The smallest absolute Gasteiger partial charge is 0.0136 e. The Labute approximate surface area is 134 Å². The lowest BCUT2D eigenvalue weighted by Crippen LogP contribution is -2.39. The minimum atomic E-state index is 0.595. The molecular formula is C21H25N. The monoisotopic (exact) mass is 291 g/mol. The van der Waals surface area contributed by atoms with Crippen LogP contribution in [0.2, 0.25) is 0 Å². The highest BCUT2D eigenvalue weighted by molar-refractivity contribution is 5.55. The van der Waals surface area contributed by atoms with Gasteiger partial charge in [-0.25, -0.2) is 0 Å². The zero-order valence-electron chi connectivity index (χ0n) is 13.6. The molecule has 2 aromatic carbocycles. The molecule has 3 aliphatic carbocycles. The van der Waals surface area contributed by atoms with Gasteiger partial charge in [-0.1, -0.05) is 62.4 Å². The Morgan fingerprint density at radius 2 is 1.32 bits per heavy atom. The van der Waals surface area contributed by atoms with Crippen LogP contribution in [0.4, 0.5) is 0 Å². The lowest BCUT2D eigenvalue weighted by atomic mass is 9.59. The zero-order chi connectivity index (χ0) is 15.1. The van der Waals surface area contributed by atoms with Gasteiger partial charge in [-0.15, -0.1) is 0 Å². The summed E-state index contributed by atoms with van der Waals surface area (Å²) in [6, 6.07) is 18.3. The van der Waals surface area contributed by atoms with E-state index in [0.29, 0.717) is 11.8 Å². The van der Waals surface area contributed by atoms with Crippen LogP contribution >= 0.6 is 0 Å². The summed E-state index contributed by atoms with van der Waals surface area (Å²) in [6.45, 7) is 8.12. The molecule has 2 aromatic rings. The number of hydrogen-bond donors (Lipinski definition) is 0. The predicted molar refractivity (Wildman–Crippen MR) is 92.5 cm³/mol. The molecule has 0 aliphatic heterocycles. The van der Waals surface area contributed by atoms with E-state index in [2.05, 4.69) is 67.3 Å². The second kappa shape index (κ2) is 5.55. The fourth-order valence-electron chi connectivity index (χ4n) is 4.75. The van der Waals surface area contributed by atoms with Gasteiger partial charge >= 0.3 is 0 Å². The molecule has 0 saturated carbocycles. The molecule has 0 N–H and O–H groups in total. The summed E-state index contributed by atoms with van der Waals surface area (Å²) in [5.41, 5.74) is 6.35. The van der Waals surface area contributed by atoms with Crippen molar-refractivity contribution >= 4 is 0 Å².